The van der Waals surface area contributed by atoms with E-state index in [1.807, 2.05) is 24.3 Å². The molecule has 0 radical (unpaired) electrons. The van der Waals surface area contributed by atoms with E-state index in [1.165, 1.54) is 0 Å². The van der Waals surface area contributed by atoms with Crippen LogP contribution in [0.25, 0.3) is 0 Å². The smallest absolute Gasteiger partial charge is 0.335 e. The second-order valence-electron chi connectivity index (χ2n) is 6.28. The number of carbonyl (C=O) groups is 1. The highest BCUT2D eigenvalue weighted by molar-refractivity contribution is 7.92. The van der Waals surface area contributed by atoms with E-state index in [-0.39, 0.29) is 5.56 Å². The lowest BCUT2D eigenvalue weighted by atomic mass is 9.97. The first kappa shape index (κ1) is 17.4. The Morgan fingerprint density at radius 2 is 1.92 bits per heavy atom. The fourth-order valence-electron chi connectivity index (χ4n) is 3.11. The van der Waals surface area contributed by atoms with Crippen molar-refractivity contribution in [2.24, 2.45) is 0 Å². The number of hydrogen-bond donors (Lipinski definition) is 2. The number of carboxylic acids is 1. The molecule has 3 rings (SSSR count). The molecule has 2 N–H and O–H groups in total. The predicted molar refractivity (Wildman–Crippen MR) is 96.1 cm³/mol. The van der Waals surface area contributed by atoms with Crippen LogP contribution in [0, 0.1) is 0 Å². The normalized spacial score (nSPS) is 14.8. The molecule has 0 fully saturated rings. The number of carboxylic acid groups (broad SMARTS) is 1. The largest absolute Gasteiger partial charge is 0.478 e. The van der Waals surface area contributed by atoms with Gasteiger partial charge < -0.3 is 5.11 Å². The summed E-state index contributed by atoms with van der Waals surface area (Å²) in [6, 6.07) is 12.6. The topological polar surface area (TPSA) is 86.7 Å². The van der Waals surface area contributed by atoms with E-state index in [9.17, 15) is 13.2 Å². The summed E-state index contributed by atoms with van der Waals surface area (Å²) in [5, 5.41) is 8.95. The Labute approximate surface area is 147 Å². The number of rotatable bonds is 5. The first-order valence-electron chi connectivity index (χ1n) is 7.95. The molecule has 0 atom stereocenters. The minimum atomic E-state index is -3.30. The molecule has 2 aromatic carbocycles. The highest BCUT2D eigenvalue weighted by Crippen LogP contribution is 2.27. The highest BCUT2D eigenvalue weighted by atomic mass is 32.2. The molecule has 2 aromatic rings. The van der Waals surface area contributed by atoms with Crippen LogP contribution in [0.3, 0.4) is 0 Å². The zero-order valence-electron chi connectivity index (χ0n) is 13.9. The molecule has 0 bridgehead atoms. The molecule has 1 aliphatic heterocycles. The van der Waals surface area contributed by atoms with E-state index in [0.717, 1.165) is 49.0 Å². The maximum atomic E-state index is 11.5. The van der Waals surface area contributed by atoms with Gasteiger partial charge in [-0.1, -0.05) is 24.3 Å². The highest BCUT2D eigenvalue weighted by Gasteiger charge is 2.20. The molecular formula is C18H20N2O4S. The van der Waals surface area contributed by atoms with Gasteiger partial charge in [0.1, 0.15) is 0 Å². The van der Waals surface area contributed by atoms with Crippen LogP contribution in [0.15, 0.2) is 42.5 Å². The molecule has 0 unspecified atom stereocenters. The fourth-order valence-corrected chi connectivity index (χ4v) is 3.70. The number of aromatic carboxylic acids is 1. The second kappa shape index (κ2) is 6.85. The van der Waals surface area contributed by atoms with Gasteiger partial charge >= 0.3 is 5.97 Å². The molecule has 7 heteroatoms. The summed E-state index contributed by atoms with van der Waals surface area (Å²) < 4.78 is 25.6. The van der Waals surface area contributed by atoms with Gasteiger partial charge in [-0.25, -0.2) is 13.2 Å². The zero-order valence-corrected chi connectivity index (χ0v) is 14.7. The van der Waals surface area contributed by atoms with E-state index in [0.29, 0.717) is 5.69 Å². The van der Waals surface area contributed by atoms with Gasteiger partial charge in [0.2, 0.25) is 10.0 Å². The Morgan fingerprint density at radius 1 is 1.20 bits per heavy atom. The lowest BCUT2D eigenvalue weighted by molar-refractivity contribution is 0.0697. The quantitative estimate of drug-likeness (QED) is 0.854. The average molecular weight is 360 g/mol. The van der Waals surface area contributed by atoms with Crippen LogP contribution in [0.4, 0.5) is 5.69 Å². The van der Waals surface area contributed by atoms with Crippen LogP contribution < -0.4 is 4.72 Å². The van der Waals surface area contributed by atoms with E-state index in [4.69, 9.17) is 5.11 Å². The van der Waals surface area contributed by atoms with Gasteiger partial charge in [0.15, 0.2) is 0 Å². The van der Waals surface area contributed by atoms with Gasteiger partial charge in [0.05, 0.1) is 17.5 Å². The van der Waals surface area contributed by atoms with Crippen LogP contribution in [-0.2, 0) is 29.5 Å². The summed E-state index contributed by atoms with van der Waals surface area (Å²) in [5.74, 6) is -0.927. The second-order valence-corrected chi connectivity index (χ2v) is 8.03. The average Bonchev–Trinajstić information content (AvgIpc) is 2.54. The van der Waals surface area contributed by atoms with Crippen molar-refractivity contribution in [3.8, 4) is 0 Å². The van der Waals surface area contributed by atoms with Crippen molar-refractivity contribution in [3.05, 3.63) is 64.7 Å². The maximum absolute atomic E-state index is 11.5. The van der Waals surface area contributed by atoms with Crippen molar-refractivity contribution in [2.75, 3.05) is 17.5 Å². The Morgan fingerprint density at radius 3 is 2.56 bits per heavy atom. The molecule has 6 nitrogen and oxygen atoms in total. The molecule has 1 heterocycles. The lowest BCUT2D eigenvalue weighted by Gasteiger charge is -2.30. The molecule has 1 aliphatic rings. The minimum Gasteiger partial charge on any atom is -0.478 e. The standard InChI is InChI=1S/C18H20N2O4S/c1-25(23,24)19-17-4-2-3-15-12-20(10-9-16(15)17)11-13-5-7-14(8-6-13)18(21)22/h2-8,19H,9-12H2,1H3,(H,21,22). The predicted octanol–water partition coefficient (Wildman–Crippen LogP) is 2.31. The van der Waals surface area contributed by atoms with Crippen LogP contribution in [0.5, 0.6) is 0 Å². The van der Waals surface area contributed by atoms with E-state index in [2.05, 4.69) is 9.62 Å². The van der Waals surface area contributed by atoms with Crippen molar-refractivity contribution >= 4 is 21.7 Å². The molecule has 0 amide bonds. The molecule has 0 spiro atoms. The number of benzene rings is 2. The van der Waals surface area contributed by atoms with Gasteiger partial charge in [-0.2, -0.15) is 0 Å². The minimum absolute atomic E-state index is 0.282. The first-order valence-corrected chi connectivity index (χ1v) is 9.84. The summed E-state index contributed by atoms with van der Waals surface area (Å²) in [6.07, 6.45) is 1.92. The summed E-state index contributed by atoms with van der Waals surface area (Å²) in [4.78, 5) is 13.2. The molecular weight excluding hydrogens is 340 g/mol. The Kier molecular flexibility index (Phi) is 4.78. The Hall–Kier alpha value is -2.38. The maximum Gasteiger partial charge on any atom is 0.335 e. The molecule has 0 aliphatic carbocycles. The van der Waals surface area contributed by atoms with Crippen molar-refractivity contribution < 1.29 is 18.3 Å². The first-order chi connectivity index (χ1) is 11.8. The van der Waals surface area contributed by atoms with Crippen molar-refractivity contribution in [1.82, 2.24) is 4.90 Å². The SMILES string of the molecule is CS(=O)(=O)Nc1cccc2c1CCN(Cc1ccc(C(=O)O)cc1)C2. The zero-order chi connectivity index (χ0) is 18.0. The monoisotopic (exact) mass is 360 g/mol. The number of anilines is 1. The van der Waals surface area contributed by atoms with E-state index >= 15 is 0 Å². The van der Waals surface area contributed by atoms with Crippen molar-refractivity contribution in [3.63, 3.8) is 0 Å². The number of sulfonamides is 1. The third-order valence-corrected chi connectivity index (χ3v) is 4.84. The van der Waals surface area contributed by atoms with Gasteiger partial charge in [-0.15, -0.1) is 0 Å². The molecule has 0 saturated carbocycles. The van der Waals surface area contributed by atoms with Gasteiger partial charge in [-0.05, 0) is 41.3 Å². The number of hydrogen-bond acceptors (Lipinski definition) is 4. The lowest BCUT2D eigenvalue weighted by Crippen LogP contribution is -2.30. The van der Waals surface area contributed by atoms with Gasteiger partial charge in [-0.3, -0.25) is 9.62 Å². The number of nitrogens with zero attached hydrogens (tertiary/aromatic N) is 1. The third kappa shape index (κ3) is 4.37. The number of nitrogens with one attached hydrogen (secondary N) is 1. The summed E-state index contributed by atoms with van der Waals surface area (Å²) >= 11 is 0. The molecule has 0 aromatic heterocycles. The van der Waals surface area contributed by atoms with Crippen LogP contribution in [-0.4, -0.2) is 37.2 Å². The van der Waals surface area contributed by atoms with E-state index < -0.39 is 16.0 Å². The van der Waals surface area contributed by atoms with Gasteiger partial charge in [0, 0.05) is 19.6 Å². The van der Waals surface area contributed by atoms with Gasteiger partial charge in [0.25, 0.3) is 0 Å². The van der Waals surface area contributed by atoms with Crippen LogP contribution in [0.1, 0.15) is 27.0 Å². The Balaban J connectivity index is 1.73. The molecule has 0 saturated heterocycles. The number of fused-ring (bicyclic) bond motifs is 1. The molecule has 132 valence electrons. The molecule has 25 heavy (non-hydrogen) atoms. The van der Waals surface area contributed by atoms with Crippen LogP contribution >= 0.6 is 0 Å². The summed E-state index contributed by atoms with van der Waals surface area (Å²) in [5.41, 5.74) is 4.15. The Bertz CT molecular complexity index is 892. The summed E-state index contributed by atoms with van der Waals surface area (Å²) in [7, 11) is -3.30. The fraction of sp³-hybridized carbons (Fsp3) is 0.278. The van der Waals surface area contributed by atoms with Crippen molar-refractivity contribution in [2.45, 2.75) is 19.5 Å². The summed E-state index contributed by atoms with van der Waals surface area (Å²) in [6.45, 7) is 2.27. The van der Waals surface area contributed by atoms with Crippen molar-refractivity contribution in [1.29, 1.82) is 0 Å². The van der Waals surface area contributed by atoms with E-state index in [1.54, 1.807) is 18.2 Å². The van der Waals surface area contributed by atoms with Crippen LogP contribution in [0.2, 0.25) is 0 Å². The third-order valence-electron chi connectivity index (χ3n) is 4.25.